The Labute approximate surface area is 201 Å². The van der Waals surface area contributed by atoms with Crippen LogP contribution in [0.5, 0.6) is 17.2 Å². The number of amidine groups is 1. The van der Waals surface area contributed by atoms with Crippen LogP contribution in [0, 0.1) is 0 Å². The Bertz CT molecular complexity index is 1470. The lowest BCUT2D eigenvalue weighted by Gasteiger charge is -2.19. The molecule has 174 valence electrons. The third-order valence-corrected chi connectivity index (χ3v) is 6.00. The predicted octanol–water partition coefficient (Wildman–Crippen LogP) is 4.17. The number of rotatable bonds is 6. The van der Waals surface area contributed by atoms with Gasteiger partial charge in [-0.05, 0) is 48.0 Å². The predicted molar refractivity (Wildman–Crippen MR) is 132 cm³/mol. The van der Waals surface area contributed by atoms with Crippen LogP contribution in [0.2, 0.25) is 0 Å². The van der Waals surface area contributed by atoms with Crippen LogP contribution in [0.4, 0.5) is 0 Å². The number of aromatic nitrogens is 2. The van der Waals surface area contributed by atoms with E-state index in [9.17, 15) is 4.79 Å². The molecule has 0 saturated heterocycles. The molecular formula is C27H22N4O4. The maximum Gasteiger partial charge on any atom is 0.278 e. The number of benzene rings is 3. The van der Waals surface area contributed by atoms with Crippen molar-refractivity contribution in [3.05, 3.63) is 89.4 Å². The zero-order chi connectivity index (χ0) is 23.8. The summed E-state index contributed by atoms with van der Waals surface area (Å²) in [4.78, 5) is 27.9. The smallest absolute Gasteiger partial charge is 0.278 e. The molecule has 0 radical (unpaired) electrons. The molecule has 3 aromatic carbocycles. The molecule has 2 aliphatic rings. The number of nitrogens with one attached hydrogen (secondary N) is 1. The highest BCUT2D eigenvalue weighted by Crippen LogP contribution is 2.34. The van der Waals surface area contributed by atoms with Crippen LogP contribution in [0.25, 0.3) is 17.1 Å². The first-order valence-corrected chi connectivity index (χ1v) is 11.3. The number of fused-ring (bicyclic) bond motifs is 2. The molecule has 0 aliphatic carbocycles. The van der Waals surface area contributed by atoms with Crippen molar-refractivity contribution in [1.29, 1.82) is 0 Å². The van der Waals surface area contributed by atoms with Crippen LogP contribution < -0.4 is 14.2 Å². The van der Waals surface area contributed by atoms with E-state index in [2.05, 4.69) is 9.97 Å². The molecule has 1 N–H and O–H groups in total. The Hall–Kier alpha value is -4.59. The van der Waals surface area contributed by atoms with Gasteiger partial charge in [-0.1, -0.05) is 30.3 Å². The van der Waals surface area contributed by atoms with Gasteiger partial charge in [0.05, 0.1) is 23.7 Å². The van der Waals surface area contributed by atoms with Gasteiger partial charge in [-0.25, -0.2) is 9.98 Å². The normalized spacial score (nSPS) is 15.8. The Morgan fingerprint density at radius 1 is 1.06 bits per heavy atom. The Kier molecular flexibility index (Phi) is 5.18. The molecule has 0 saturated carbocycles. The molecule has 3 heterocycles. The van der Waals surface area contributed by atoms with Gasteiger partial charge < -0.3 is 19.2 Å². The van der Waals surface area contributed by atoms with E-state index in [1.54, 1.807) is 18.1 Å². The van der Waals surface area contributed by atoms with Gasteiger partial charge in [-0.15, -0.1) is 0 Å². The SMILES string of the molecule is COc1ccccc1C1=NC(=Cc2ccc3c(c2)OCO3)C(=O)N1CCc1nc2ccccc2[nH]1. The lowest BCUT2D eigenvalue weighted by Crippen LogP contribution is -2.35. The summed E-state index contributed by atoms with van der Waals surface area (Å²) in [5.41, 5.74) is 3.77. The van der Waals surface area contributed by atoms with Crippen molar-refractivity contribution in [2.75, 3.05) is 20.4 Å². The van der Waals surface area contributed by atoms with Crippen LogP contribution in [0.3, 0.4) is 0 Å². The zero-order valence-corrected chi connectivity index (χ0v) is 19.0. The summed E-state index contributed by atoms with van der Waals surface area (Å²) in [5, 5.41) is 0. The second-order valence-corrected chi connectivity index (χ2v) is 8.19. The number of aliphatic imine (C=N–C) groups is 1. The van der Waals surface area contributed by atoms with E-state index in [0.29, 0.717) is 41.7 Å². The van der Waals surface area contributed by atoms with E-state index in [4.69, 9.17) is 19.2 Å². The van der Waals surface area contributed by atoms with Crippen molar-refractivity contribution >= 4 is 28.9 Å². The van der Waals surface area contributed by atoms with E-state index < -0.39 is 0 Å². The van der Waals surface area contributed by atoms with Crippen LogP contribution in [0.1, 0.15) is 17.0 Å². The molecule has 1 amide bonds. The first-order chi connectivity index (χ1) is 17.2. The number of para-hydroxylation sites is 3. The van der Waals surface area contributed by atoms with Gasteiger partial charge in [-0.2, -0.15) is 0 Å². The van der Waals surface area contributed by atoms with Crippen molar-refractivity contribution in [3.8, 4) is 17.2 Å². The van der Waals surface area contributed by atoms with Crippen molar-refractivity contribution < 1.29 is 19.0 Å². The van der Waals surface area contributed by atoms with Gasteiger partial charge in [0.15, 0.2) is 11.5 Å². The van der Waals surface area contributed by atoms with Gasteiger partial charge in [0.1, 0.15) is 23.1 Å². The fourth-order valence-electron chi connectivity index (χ4n) is 4.30. The van der Waals surface area contributed by atoms with Gasteiger partial charge in [0.25, 0.3) is 5.91 Å². The molecule has 1 aromatic heterocycles. The number of carbonyl (C=O) groups excluding carboxylic acids is 1. The summed E-state index contributed by atoms with van der Waals surface area (Å²) in [6, 6.07) is 21.0. The second-order valence-electron chi connectivity index (χ2n) is 8.19. The van der Waals surface area contributed by atoms with E-state index in [0.717, 1.165) is 28.0 Å². The lowest BCUT2D eigenvalue weighted by molar-refractivity contribution is -0.122. The summed E-state index contributed by atoms with van der Waals surface area (Å²) in [7, 11) is 1.61. The van der Waals surface area contributed by atoms with Crippen LogP contribution in [-0.2, 0) is 11.2 Å². The molecular weight excluding hydrogens is 444 g/mol. The summed E-state index contributed by atoms with van der Waals surface area (Å²) in [6.07, 6.45) is 2.31. The minimum Gasteiger partial charge on any atom is -0.496 e. The molecule has 6 rings (SSSR count). The molecule has 0 bridgehead atoms. The Morgan fingerprint density at radius 3 is 2.77 bits per heavy atom. The number of carbonyl (C=O) groups is 1. The first kappa shape index (κ1) is 21.0. The lowest BCUT2D eigenvalue weighted by atomic mass is 10.1. The fourth-order valence-corrected chi connectivity index (χ4v) is 4.30. The van der Waals surface area contributed by atoms with Crippen LogP contribution in [-0.4, -0.2) is 47.1 Å². The average Bonchev–Trinajstić information content (AvgIpc) is 3.60. The number of H-pyrrole nitrogens is 1. The maximum atomic E-state index is 13.5. The molecule has 0 unspecified atom stereocenters. The number of hydrogen-bond donors (Lipinski definition) is 1. The molecule has 35 heavy (non-hydrogen) atoms. The molecule has 8 nitrogen and oxygen atoms in total. The second kappa shape index (κ2) is 8.64. The number of methoxy groups -OCH3 is 1. The highest BCUT2D eigenvalue weighted by molar-refractivity contribution is 6.20. The fraction of sp³-hybridized carbons (Fsp3) is 0.148. The minimum absolute atomic E-state index is 0.181. The van der Waals surface area contributed by atoms with Crippen molar-refractivity contribution in [2.45, 2.75) is 6.42 Å². The monoisotopic (exact) mass is 466 g/mol. The van der Waals surface area contributed by atoms with E-state index in [1.807, 2.05) is 66.7 Å². The molecule has 0 spiro atoms. The van der Waals surface area contributed by atoms with Crippen LogP contribution in [0.15, 0.2) is 77.4 Å². The third kappa shape index (κ3) is 3.89. The number of aromatic amines is 1. The van der Waals surface area contributed by atoms with Crippen molar-refractivity contribution in [3.63, 3.8) is 0 Å². The molecule has 0 fully saturated rings. The molecule has 2 aliphatic heterocycles. The Morgan fingerprint density at radius 2 is 1.89 bits per heavy atom. The minimum atomic E-state index is -0.181. The average molecular weight is 466 g/mol. The summed E-state index contributed by atoms with van der Waals surface area (Å²) < 4.78 is 16.4. The van der Waals surface area contributed by atoms with E-state index >= 15 is 0 Å². The van der Waals surface area contributed by atoms with E-state index in [-0.39, 0.29) is 12.7 Å². The number of imidazole rings is 1. The van der Waals surface area contributed by atoms with Crippen molar-refractivity contribution in [2.24, 2.45) is 4.99 Å². The van der Waals surface area contributed by atoms with Gasteiger partial charge >= 0.3 is 0 Å². The van der Waals surface area contributed by atoms with Gasteiger partial charge in [-0.3, -0.25) is 9.69 Å². The quantitative estimate of drug-likeness (QED) is 0.431. The third-order valence-electron chi connectivity index (χ3n) is 6.00. The van der Waals surface area contributed by atoms with Crippen LogP contribution >= 0.6 is 0 Å². The Balaban J connectivity index is 1.34. The molecule has 4 aromatic rings. The summed E-state index contributed by atoms with van der Waals surface area (Å²) >= 11 is 0. The van der Waals surface area contributed by atoms with Gasteiger partial charge in [0, 0.05) is 13.0 Å². The van der Waals surface area contributed by atoms with E-state index in [1.165, 1.54) is 0 Å². The summed E-state index contributed by atoms with van der Waals surface area (Å²) in [6.45, 7) is 0.605. The highest BCUT2D eigenvalue weighted by Gasteiger charge is 2.32. The number of hydrogen-bond acceptors (Lipinski definition) is 6. The largest absolute Gasteiger partial charge is 0.496 e. The zero-order valence-electron chi connectivity index (χ0n) is 19.0. The molecule has 0 atom stereocenters. The molecule has 8 heteroatoms. The maximum absolute atomic E-state index is 13.5. The number of amides is 1. The number of nitrogens with zero attached hydrogens (tertiary/aromatic N) is 3. The topological polar surface area (TPSA) is 89.0 Å². The summed E-state index contributed by atoms with van der Waals surface area (Å²) in [5.74, 6) is 3.18. The standard InChI is InChI=1S/C27H22N4O4/c1-33-22-9-5-2-6-18(22)26-30-21(14-17-10-11-23-24(15-17)35-16-34-23)27(32)31(26)13-12-25-28-19-7-3-4-8-20(19)29-25/h2-11,14-15H,12-13,16H2,1H3,(H,28,29). The van der Waals surface area contributed by atoms with Crippen molar-refractivity contribution in [1.82, 2.24) is 14.9 Å². The first-order valence-electron chi connectivity index (χ1n) is 11.3. The van der Waals surface area contributed by atoms with Gasteiger partial charge in [0.2, 0.25) is 6.79 Å². The highest BCUT2D eigenvalue weighted by atomic mass is 16.7. The number of ether oxygens (including phenoxy) is 3.